The molecule has 0 bridgehead atoms. The molecule has 0 N–H and O–H groups in total. The van der Waals surface area contributed by atoms with Crippen molar-refractivity contribution < 1.29 is 9.53 Å². The molecule has 0 aliphatic heterocycles. The highest BCUT2D eigenvalue weighted by Crippen LogP contribution is 2.21. The Morgan fingerprint density at radius 1 is 0.889 bits per heavy atom. The van der Waals surface area contributed by atoms with Crippen LogP contribution in [0.1, 0.15) is 0 Å². The number of carbonyl (C=O) groups excluding carboxylic acids is 1. The first kappa shape index (κ1) is 14.6. The molecule has 0 aromatic heterocycles. The van der Waals surface area contributed by atoms with Gasteiger partial charge in [0.05, 0.1) is 7.11 Å². The van der Waals surface area contributed by atoms with Crippen LogP contribution in [0.2, 0.25) is 0 Å². The molecular weight excluding hydrogens is 271 g/mol. The molecule has 0 aliphatic rings. The van der Waals surface area contributed by atoms with Gasteiger partial charge in [0.15, 0.2) is 0 Å². The summed E-state index contributed by atoms with van der Waals surface area (Å²) in [6.45, 7) is 0. The molecule has 0 saturated heterocycles. The second kappa shape index (κ2) is 7.75. The van der Waals surface area contributed by atoms with E-state index in [4.69, 9.17) is 9.53 Å². The fourth-order valence-electron chi connectivity index (χ4n) is 1.41. The van der Waals surface area contributed by atoms with Crippen LogP contribution >= 0.6 is 23.2 Å². The van der Waals surface area contributed by atoms with Crippen LogP contribution in [0.15, 0.2) is 54.6 Å². The lowest BCUT2D eigenvalue weighted by Gasteiger charge is -2.02. The Kier molecular flexibility index (Phi) is 6.26. The van der Waals surface area contributed by atoms with Crippen LogP contribution in [-0.2, 0) is 0 Å². The van der Waals surface area contributed by atoms with Gasteiger partial charge in [-0.05, 0) is 46.5 Å². The Hall–Kier alpha value is -1.51. The fourth-order valence-corrected chi connectivity index (χ4v) is 1.41. The Morgan fingerprint density at radius 2 is 1.33 bits per heavy atom. The minimum atomic E-state index is -0.889. The first-order valence-corrected chi connectivity index (χ1v) is 5.93. The van der Waals surface area contributed by atoms with E-state index in [1.165, 1.54) is 11.1 Å². The van der Waals surface area contributed by atoms with E-state index in [1.54, 1.807) is 7.11 Å². The molecule has 18 heavy (non-hydrogen) atoms. The fraction of sp³-hybridized carbons (Fsp3) is 0.0714. The van der Waals surface area contributed by atoms with E-state index in [1.807, 2.05) is 30.3 Å². The molecule has 0 amide bonds. The summed E-state index contributed by atoms with van der Waals surface area (Å²) in [6.07, 6.45) is 0. The van der Waals surface area contributed by atoms with E-state index in [0.29, 0.717) is 0 Å². The Labute approximate surface area is 116 Å². The van der Waals surface area contributed by atoms with Crippen molar-refractivity contribution in [2.75, 3.05) is 7.11 Å². The van der Waals surface area contributed by atoms with Gasteiger partial charge in [-0.2, -0.15) is 0 Å². The third kappa shape index (κ3) is 5.21. The minimum Gasteiger partial charge on any atom is -0.497 e. The first-order valence-electron chi connectivity index (χ1n) is 5.18. The highest BCUT2D eigenvalue weighted by atomic mass is 35.5. The third-order valence-electron chi connectivity index (χ3n) is 2.20. The average molecular weight is 283 g/mol. The molecule has 0 spiro atoms. The van der Waals surface area contributed by atoms with Gasteiger partial charge in [0.25, 0.3) is 0 Å². The SMILES string of the molecule is COc1ccc(-c2ccccc2)cc1.O=C(Cl)Cl. The van der Waals surface area contributed by atoms with Crippen molar-refractivity contribution in [1.82, 2.24) is 0 Å². The average Bonchev–Trinajstić information content (AvgIpc) is 2.39. The van der Waals surface area contributed by atoms with Gasteiger partial charge in [0, 0.05) is 0 Å². The number of carbonyl (C=O) groups is 1. The second-order valence-electron chi connectivity index (χ2n) is 3.32. The third-order valence-corrected chi connectivity index (χ3v) is 2.20. The van der Waals surface area contributed by atoms with Gasteiger partial charge < -0.3 is 4.74 Å². The van der Waals surface area contributed by atoms with Crippen LogP contribution in [-0.4, -0.2) is 11.8 Å². The zero-order valence-corrected chi connectivity index (χ0v) is 11.3. The summed E-state index contributed by atoms with van der Waals surface area (Å²) >= 11 is 8.80. The summed E-state index contributed by atoms with van der Waals surface area (Å²) in [5.74, 6) is 0.893. The maximum atomic E-state index is 8.98. The van der Waals surface area contributed by atoms with E-state index in [9.17, 15) is 0 Å². The molecule has 0 aliphatic carbocycles. The molecule has 2 aromatic carbocycles. The lowest BCUT2D eigenvalue weighted by atomic mass is 10.1. The van der Waals surface area contributed by atoms with Crippen LogP contribution in [0.25, 0.3) is 11.1 Å². The van der Waals surface area contributed by atoms with Crippen LogP contribution < -0.4 is 4.74 Å². The molecule has 2 aromatic rings. The van der Waals surface area contributed by atoms with Crippen LogP contribution in [0.4, 0.5) is 4.79 Å². The summed E-state index contributed by atoms with van der Waals surface area (Å²) in [5, 5.41) is 0. The highest BCUT2D eigenvalue weighted by molar-refractivity contribution is 6.93. The Balaban J connectivity index is 0.000000357. The quantitative estimate of drug-likeness (QED) is 0.729. The summed E-state index contributed by atoms with van der Waals surface area (Å²) in [5.41, 5.74) is 2.45. The second-order valence-corrected chi connectivity index (χ2v) is 4.20. The number of methoxy groups -OCH3 is 1. The van der Waals surface area contributed by atoms with Crippen molar-refractivity contribution in [3.05, 3.63) is 54.6 Å². The van der Waals surface area contributed by atoms with E-state index in [0.717, 1.165) is 5.75 Å². The molecule has 0 atom stereocenters. The molecule has 0 fully saturated rings. The highest BCUT2D eigenvalue weighted by Gasteiger charge is 1.95. The number of halogens is 2. The number of benzene rings is 2. The molecule has 0 heterocycles. The topological polar surface area (TPSA) is 26.3 Å². The van der Waals surface area contributed by atoms with Gasteiger partial charge in [-0.15, -0.1) is 0 Å². The lowest BCUT2D eigenvalue weighted by Crippen LogP contribution is -1.82. The normalized spacial score (nSPS) is 9.06. The standard InChI is InChI=1S/C13H12O.CCl2O/c1-14-13-9-7-12(8-10-13)11-5-3-2-4-6-11;2-1(3)4/h2-10H,1H3;. The molecule has 0 saturated carbocycles. The largest absolute Gasteiger partial charge is 0.497 e. The first-order chi connectivity index (χ1) is 8.63. The van der Waals surface area contributed by atoms with Crippen molar-refractivity contribution in [3.8, 4) is 16.9 Å². The Morgan fingerprint density at radius 3 is 1.78 bits per heavy atom. The monoisotopic (exact) mass is 282 g/mol. The van der Waals surface area contributed by atoms with Crippen molar-refractivity contribution in [2.24, 2.45) is 0 Å². The van der Waals surface area contributed by atoms with Crippen molar-refractivity contribution in [1.29, 1.82) is 0 Å². The van der Waals surface area contributed by atoms with Gasteiger partial charge in [0.2, 0.25) is 0 Å². The van der Waals surface area contributed by atoms with Gasteiger partial charge in [-0.25, -0.2) is 0 Å². The van der Waals surface area contributed by atoms with Gasteiger partial charge in [-0.3, -0.25) is 4.79 Å². The summed E-state index contributed by atoms with van der Waals surface area (Å²) in [7, 11) is 1.68. The molecular formula is C14H12Cl2O2. The Bertz CT molecular complexity index is 477. The molecule has 0 unspecified atom stereocenters. The lowest BCUT2D eigenvalue weighted by molar-refractivity contribution is 0.275. The van der Waals surface area contributed by atoms with Crippen LogP contribution in [0.3, 0.4) is 0 Å². The maximum absolute atomic E-state index is 8.98. The predicted molar refractivity (Wildman–Crippen MR) is 75.5 cm³/mol. The van der Waals surface area contributed by atoms with Crippen molar-refractivity contribution in [2.45, 2.75) is 0 Å². The summed E-state index contributed by atoms with van der Waals surface area (Å²) in [6, 6.07) is 18.4. The predicted octanol–water partition coefficient (Wildman–Crippen LogP) is 4.95. The van der Waals surface area contributed by atoms with Crippen LogP contribution in [0, 0.1) is 0 Å². The smallest absolute Gasteiger partial charge is 0.313 e. The zero-order valence-electron chi connectivity index (χ0n) is 9.77. The summed E-state index contributed by atoms with van der Waals surface area (Å²) in [4.78, 5) is 8.98. The van der Waals surface area contributed by atoms with Gasteiger partial charge in [-0.1, -0.05) is 42.5 Å². The number of ether oxygens (including phenoxy) is 1. The molecule has 94 valence electrons. The van der Waals surface area contributed by atoms with E-state index in [2.05, 4.69) is 47.5 Å². The molecule has 4 heteroatoms. The molecule has 2 rings (SSSR count). The van der Waals surface area contributed by atoms with E-state index < -0.39 is 4.70 Å². The van der Waals surface area contributed by atoms with Gasteiger partial charge in [0.1, 0.15) is 5.75 Å². The van der Waals surface area contributed by atoms with Crippen molar-refractivity contribution >= 4 is 27.9 Å². The molecule has 2 nitrogen and oxygen atoms in total. The summed E-state index contributed by atoms with van der Waals surface area (Å²) < 4.78 is 4.22. The van der Waals surface area contributed by atoms with Crippen molar-refractivity contribution in [3.63, 3.8) is 0 Å². The molecule has 0 radical (unpaired) electrons. The number of hydrogen-bond donors (Lipinski definition) is 0. The number of rotatable bonds is 2. The van der Waals surface area contributed by atoms with Gasteiger partial charge >= 0.3 is 4.70 Å². The maximum Gasteiger partial charge on any atom is 0.313 e. The van der Waals surface area contributed by atoms with E-state index in [-0.39, 0.29) is 0 Å². The van der Waals surface area contributed by atoms with Crippen LogP contribution in [0.5, 0.6) is 5.75 Å². The minimum absolute atomic E-state index is 0.889. The zero-order chi connectivity index (χ0) is 13.4. The number of hydrogen-bond acceptors (Lipinski definition) is 2. The van der Waals surface area contributed by atoms with E-state index >= 15 is 0 Å².